The van der Waals surface area contributed by atoms with E-state index in [1.54, 1.807) is 0 Å². The second-order valence-electron chi connectivity index (χ2n) is 15.6. The summed E-state index contributed by atoms with van der Waals surface area (Å²) in [6.45, 7) is 17.0. The molecular weight excluding hydrogens is 452 g/mol. The standard InChI is InChI=1S/C30H50O4Si/c1-26(2,3)35(6,7)34-14-8-11-29(32)23-16-20(23)25-24-19-15-22(19)30(33)17-18(31)9-12-27(30,4)21(24)10-13-28(25,29)5/h16,18-22,24-25,31-33H,8-15,17H2,1-7H3/t18-,19-,20?,21?,22+,24?,25?,27+,28-,29-,30+/m0/s1. The highest BCUT2D eigenvalue weighted by Gasteiger charge is 2.79. The average molecular weight is 503 g/mol. The van der Waals surface area contributed by atoms with Crippen molar-refractivity contribution in [2.75, 3.05) is 6.61 Å². The zero-order valence-electron chi connectivity index (χ0n) is 23.2. The van der Waals surface area contributed by atoms with E-state index in [1.165, 1.54) is 5.57 Å². The molecule has 198 valence electrons. The Hall–Kier alpha value is -0.203. The van der Waals surface area contributed by atoms with Gasteiger partial charge in [0.1, 0.15) is 0 Å². The molecular formula is C30H50O4Si. The molecule has 6 aliphatic rings. The summed E-state index contributed by atoms with van der Waals surface area (Å²) in [5.74, 6) is 3.04. The highest BCUT2D eigenvalue weighted by molar-refractivity contribution is 6.74. The second-order valence-corrected chi connectivity index (χ2v) is 20.4. The predicted molar refractivity (Wildman–Crippen MR) is 141 cm³/mol. The lowest BCUT2D eigenvalue weighted by molar-refractivity contribution is -0.234. The van der Waals surface area contributed by atoms with Gasteiger partial charge in [0.25, 0.3) is 0 Å². The Bertz CT molecular complexity index is 939. The number of fused-ring (bicyclic) bond motifs is 10. The van der Waals surface area contributed by atoms with Crippen LogP contribution in [0.1, 0.15) is 86.0 Å². The lowest BCUT2D eigenvalue weighted by Gasteiger charge is -2.64. The first-order chi connectivity index (χ1) is 16.1. The molecule has 0 aromatic rings. The number of hydrogen-bond acceptors (Lipinski definition) is 4. The Morgan fingerprint density at radius 2 is 1.74 bits per heavy atom. The van der Waals surface area contributed by atoms with Crippen molar-refractivity contribution in [2.24, 2.45) is 46.3 Å². The monoisotopic (exact) mass is 502 g/mol. The SMILES string of the molecule is CC(C)(C)[Si](C)(C)OCCC[C@]1(O)C2=CC2C2C3C(CC[C@@]21C)[C@@]1(C)CC[C@H](O)C[C@@]1(O)[C@@H]1C[C@H]31. The molecule has 5 fully saturated rings. The molecule has 0 saturated heterocycles. The van der Waals surface area contributed by atoms with Crippen molar-refractivity contribution in [3.8, 4) is 0 Å². The van der Waals surface area contributed by atoms with E-state index in [1.807, 2.05) is 0 Å². The van der Waals surface area contributed by atoms with Crippen molar-refractivity contribution in [1.82, 2.24) is 0 Å². The van der Waals surface area contributed by atoms with Crippen molar-refractivity contribution >= 4 is 8.32 Å². The minimum atomic E-state index is -1.77. The summed E-state index contributed by atoms with van der Waals surface area (Å²) in [6.07, 6.45) is 9.41. The van der Waals surface area contributed by atoms with E-state index >= 15 is 0 Å². The first-order valence-electron chi connectivity index (χ1n) is 14.6. The molecule has 3 N–H and O–H groups in total. The van der Waals surface area contributed by atoms with Crippen molar-refractivity contribution in [2.45, 2.75) is 121 Å². The van der Waals surface area contributed by atoms with Crippen LogP contribution < -0.4 is 0 Å². The smallest absolute Gasteiger partial charge is 0.191 e. The van der Waals surface area contributed by atoms with Gasteiger partial charge in [0.2, 0.25) is 0 Å². The van der Waals surface area contributed by atoms with Crippen LogP contribution in [0.15, 0.2) is 11.6 Å². The van der Waals surface area contributed by atoms with Gasteiger partial charge >= 0.3 is 0 Å². The molecule has 35 heavy (non-hydrogen) atoms. The third-order valence-electron chi connectivity index (χ3n) is 13.3. The minimum Gasteiger partial charge on any atom is -0.417 e. The van der Waals surface area contributed by atoms with Gasteiger partial charge in [0, 0.05) is 24.4 Å². The van der Waals surface area contributed by atoms with Crippen LogP contribution in [0.4, 0.5) is 0 Å². The van der Waals surface area contributed by atoms with Crippen molar-refractivity contribution in [3.63, 3.8) is 0 Å². The summed E-state index contributed by atoms with van der Waals surface area (Å²) in [5.41, 5.74) is -0.207. The van der Waals surface area contributed by atoms with Gasteiger partial charge in [-0.15, -0.1) is 0 Å². The van der Waals surface area contributed by atoms with Gasteiger partial charge in [-0.1, -0.05) is 40.7 Å². The van der Waals surface area contributed by atoms with Crippen LogP contribution in [0.25, 0.3) is 0 Å². The van der Waals surface area contributed by atoms with Crippen LogP contribution in [0.5, 0.6) is 0 Å². The maximum absolute atomic E-state index is 12.3. The third kappa shape index (κ3) is 3.11. The van der Waals surface area contributed by atoms with E-state index in [-0.39, 0.29) is 22.0 Å². The molecule has 4 nitrogen and oxygen atoms in total. The summed E-state index contributed by atoms with van der Waals surface area (Å²) in [7, 11) is -1.77. The molecule has 0 aromatic heterocycles. The molecule has 5 heteroatoms. The van der Waals surface area contributed by atoms with Gasteiger partial charge in [0.05, 0.1) is 17.3 Å². The first-order valence-corrected chi connectivity index (χ1v) is 17.5. The van der Waals surface area contributed by atoms with Crippen LogP contribution in [0.3, 0.4) is 0 Å². The Morgan fingerprint density at radius 1 is 1.06 bits per heavy atom. The fourth-order valence-corrected chi connectivity index (χ4v) is 11.1. The number of rotatable bonds is 5. The number of allylic oxidation sites excluding steroid dienone is 1. The fraction of sp³-hybridized carbons (Fsp3) is 0.933. The number of aliphatic hydroxyl groups excluding tert-OH is 1. The largest absolute Gasteiger partial charge is 0.417 e. The van der Waals surface area contributed by atoms with Gasteiger partial charge in [-0.2, -0.15) is 0 Å². The van der Waals surface area contributed by atoms with E-state index in [2.05, 4.69) is 53.8 Å². The second kappa shape index (κ2) is 7.25. The quantitative estimate of drug-likeness (QED) is 0.257. The lowest BCUT2D eigenvalue weighted by Crippen LogP contribution is -2.65. The molecule has 6 aliphatic carbocycles. The molecule has 5 saturated carbocycles. The zero-order valence-corrected chi connectivity index (χ0v) is 24.2. The van der Waals surface area contributed by atoms with Gasteiger partial charge in [-0.3, -0.25) is 0 Å². The van der Waals surface area contributed by atoms with Gasteiger partial charge in [0.15, 0.2) is 8.32 Å². The molecule has 0 bridgehead atoms. The average Bonchev–Trinajstić information content (AvgIpc) is 3.65. The van der Waals surface area contributed by atoms with Gasteiger partial charge in [-0.25, -0.2) is 0 Å². The Labute approximate surface area is 214 Å². The maximum atomic E-state index is 12.3. The Kier molecular flexibility index (Phi) is 5.20. The van der Waals surface area contributed by atoms with Crippen LogP contribution in [0.2, 0.25) is 18.1 Å². The fourth-order valence-electron chi connectivity index (χ4n) is 10.1. The van der Waals surface area contributed by atoms with E-state index in [0.717, 1.165) is 51.6 Å². The predicted octanol–water partition coefficient (Wildman–Crippen LogP) is 5.67. The molecule has 0 heterocycles. The summed E-state index contributed by atoms with van der Waals surface area (Å²) in [4.78, 5) is 0. The summed E-state index contributed by atoms with van der Waals surface area (Å²) in [5, 5.41) is 35.0. The molecule has 0 radical (unpaired) electrons. The highest BCUT2D eigenvalue weighted by atomic mass is 28.4. The number of hydrogen-bond donors (Lipinski definition) is 3. The summed E-state index contributed by atoms with van der Waals surface area (Å²) >= 11 is 0. The van der Waals surface area contributed by atoms with E-state index in [9.17, 15) is 15.3 Å². The normalized spacial score (nSPS) is 54.1. The lowest BCUT2D eigenvalue weighted by atomic mass is 9.42. The summed E-state index contributed by atoms with van der Waals surface area (Å²) < 4.78 is 6.48. The van der Waals surface area contributed by atoms with E-state index in [4.69, 9.17) is 4.43 Å². The van der Waals surface area contributed by atoms with Crippen molar-refractivity contribution in [1.29, 1.82) is 0 Å². The van der Waals surface area contributed by atoms with Crippen molar-refractivity contribution < 1.29 is 19.7 Å². The molecule has 6 rings (SSSR count). The molecule has 0 spiro atoms. The molecule has 11 atom stereocenters. The minimum absolute atomic E-state index is 0.0625. The molecule has 0 aliphatic heterocycles. The van der Waals surface area contributed by atoms with Gasteiger partial charge < -0.3 is 19.7 Å². The molecule has 4 unspecified atom stereocenters. The summed E-state index contributed by atoms with van der Waals surface area (Å²) in [6, 6.07) is 0. The Morgan fingerprint density at radius 3 is 2.43 bits per heavy atom. The first kappa shape index (κ1) is 25.1. The van der Waals surface area contributed by atoms with Crippen LogP contribution in [-0.2, 0) is 4.43 Å². The van der Waals surface area contributed by atoms with Crippen LogP contribution in [-0.4, -0.2) is 47.5 Å². The third-order valence-corrected chi connectivity index (χ3v) is 17.8. The maximum Gasteiger partial charge on any atom is 0.191 e. The van der Waals surface area contributed by atoms with Crippen molar-refractivity contribution in [3.05, 3.63) is 11.6 Å². The highest BCUT2D eigenvalue weighted by Crippen LogP contribution is 2.80. The molecule has 0 aromatic carbocycles. The van der Waals surface area contributed by atoms with E-state index in [0.29, 0.717) is 41.9 Å². The van der Waals surface area contributed by atoms with Crippen LogP contribution >= 0.6 is 0 Å². The van der Waals surface area contributed by atoms with E-state index < -0.39 is 19.5 Å². The van der Waals surface area contributed by atoms with Crippen LogP contribution in [0, 0.1) is 46.3 Å². The topological polar surface area (TPSA) is 69.9 Å². The zero-order chi connectivity index (χ0) is 25.4. The number of aliphatic hydroxyl groups is 3. The Balaban J connectivity index is 1.22. The molecule has 0 amide bonds. The van der Waals surface area contributed by atoms with Gasteiger partial charge in [-0.05, 0) is 104 Å².